The number of halogens is 2. The normalized spacial score (nSPS) is 14.3. The number of alkyl halides is 2. The van der Waals surface area contributed by atoms with Gasteiger partial charge in [-0.3, -0.25) is 5.32 Å². The zero-order chi connectivity index (χ0) is 20.1. The van der Waals surface area contributed by atoms with Crippen LogP contribution in [0.1, 0.15) is 42.8 Å². The first-order valence-corrected chi connectivity index (χ1v) is 8.86. The lowest BCUT2D eigenvalue weighted by molar-refractivity contribution is 0.00749. The summed E-state index contributed by atoms with van der Waals surface area (Å²) in [5.41, 5.74) is 2.25. The third kappa shape index (κ3) is 3.39. The summed E-state index contributed by atoms with van der Waals surface area (Å²) in [4.78, 5) is 23.7. The number of methoxy groups -OCH3 is 1. The molecule has 0 aliphatic heterocycles. The molecule has 1 saturated carbocycles. The fourth-order valence-electron chi connectivity index (χ4n) is 3.15. The second kappa shape index (κ2) is 6.50. The number of aryl methyl sites for hydroxylation is 1. The molecule has 0 spiro atoms. The number of nitrogens with zero attached hydrogens (tertiary/aromatic N) is 4. The van der Waals surface area contributed by atoms with Crippen molar-refractivity contribution in [2.75, 3.05) is 12.4 Å². The summed E-state index contributed by atoms with van der Waals surface area (Å²) in [5.74, 6) is -2.62. The minimum atomic E-state index is -3.15. The van der Waals surface area contributed by atoms with E-state index >= 15 is 0 Å². The maximum atomic E-state index is 13.8. The molecule has 4 rings (SSSR count). The molecular weight excluding hydrogens is 368 g/mol. The van der Waals surface area contributed by atoms with Crippen molar-refractivity contribution in [3.05, 3.63) is 41.6 Å². The summed E-state index contributed by atoms with van der Waals surface area (Å²) >= 11 is 0. The monoisotopic (exact) mass is 387 g/mol. The van der Waals surface area contributed by atoms with Crippen molar-refractivity contribution < 1.29 is 18.3 Å². The van der Waals surface area contributed by atoms with E-state index in [1.54, 1.807) is 29.8 Å². The van der Waals surface area contributed by atoms with Crippen LogP contribution < -0.4 is 5.32 Å². The molecule has 1 fully saturated rings. The zero-order valence-corrected chi connectivity index (χ0v) is 15.7. The van der Waals surface area contributed by atoms with Gasteiger partial charge < -0.3 is 9.30 Å². The van der Waals surface area contributed by atoms with E-state index in [9.17, 15) is 13.6 Å². The number of ether oxygens (including phenoxy) is 1. The highest BCUT2D eigenvalue weighted by Crippen LogP contribution is 2.44. The number of hydrogen-bond acceptors (Lipinski definition) is 5. The van der Waals surface area contributed by atoms with Crippen LogP contribution in [0.15, 0.2) is 24.5 Å². The summed E-state index contributed by atoms with van der Waals surface area (Å²) in [6.45, 7) is 2.43. The minimum Gasteiger partial charge on any atom is -0.453 e. The Kier molecular flexibility index (Phi) is 4.24. The van der Waals surface area contributed by atoms with Crippen LogP contribution in [0, 0.1) is 6.92 Å². The molecular formula is C19H19F2N5O2. The number of fused-ring (bicyclic) bond motifs is 1. The number of carbonyl (C=O) groups is 1. The summed E-state index contributed by atoms with van der Waals surface area (Å²) in [6, 6.07) is 3.33. The van der Waals surface area contributed by atoms with E-state index in [0.29, 0.717) is 28.8 Å². The maximum Gasteiger partial charge on any atom is 0.412 e. The van der Waals surface area contributed by atoms with Gasteiger partial charge in [0.05, 0.1) is 12.6 Å². The molecule has 3 aromatic heterocycles. The summed E-state index contributed by atoms with van der Waals surface area (Å²) < 4.78 is 34.0. The Balaban J connectivity index is 1.89. The van der Waals surface area contributed by atoms with E-state index in [2.05, 4.69) is 25.0 Å². The van der Waals surface area contributed by atoms with Crippen LogP contribution in [0.25, 0.3) is 16.7 Å². The van der Waals surface area contributed by atoms with E-state index in [1.165, 1.54) is 7.11 Å². The molecule has 9 heteroatoms. The first kappa shape index (κ1) is 18.3. The van der Waals surface area contributed by atoms with Crippen molar-refractivity contribution in [2.45, 2.75) is 38.5 Å². The SMILES string of the molecule is COC(=O)Nc1cc2c(cn1)c(C1CC1)cn2-c1cc(C)nc(C(C)(F)F)n1. The Morgan fingerprint density at radius 3 is 2.71 bits per heavy atom. The molecule has 28 heavy (non-hydrogen) atoms. The van der Waals surface area contributed by atoms with E-state index < -0.39 is 17.8 Å². The summed E-state index contributed by atoms with van der Waals surface area (Å²) in [5, 5.41) is 3.43. The van der Waals surface area contributed by atoms with E-state index in [4.69, 9.17) is 0 Å². The predicted octanol–water partition coefficient (Wildman–Crippen LogP) is 4.29. The van der Waals surface area contributed by atoms with Gasteiger partial charge in [0, 0.05) is 42.5 Å². The molecule has 7 nitrogen and oxygen atoms in total. The minimum absolute atomic E-state index is 0.299. The Morgan fingerprint density at radius 1 is 1.32 bits per heavy atom. The first-order chi connectivity index (χ1) is 13.3. The smallest absolute Gasteiger partial charge is 0.412 e. The molecule has 1 aliphatic rings. The first-order valence-electron chi connectivity index (χ1n) is 8.86. The highest BCUT2D eigenvalue weighted by Gasteiger charge is 2.31. The fraction of sp³-hybridized carbons (Fsp3) is 0.368. The van der Waals surface area contributed by atoms with Crippen LogP contribution in [0.5, 0.6) is 0 Å². The van der Waals surface area contributed by atoms with Crippen molar-refractivity contribution in [3.8, 4) is 5.82 Å². The van der Waals surface area contributed by atoms with Crippen LogP contribution in [-0.2, 0) is 10.7 Å². The Labute approximate surface area is 159 Å². The third-order valence-corrected chi connectivity index (χ3v) is 4.63. The van der Waals surface area contributed by atoms with Crippen molar-refractivity contribution in [1.82, 2.24) is 19.5 Å². The second-order valence-electron chi connectivity index (χ2n) is 7.01. The van der Waals surface area contributed by atoms with E-state index in [0.717, 1.165) is 30.7 Å². The average Bonchev–Trinajstić information content (AvgIpc) is 3.41. The number of aromatic nitrogens is 4. The zero-order valence-electron chi connectivity index (χ0n) is 15.7. The van der Waals surface area contributed by atoms with Crippen molar-refractivity contribution in [3.63, 3.8) is 0 Å². The van der Waals surface area contributed by atoms with E-state index in [1.807, 2.05) is 6.20 Å². The molecule has 0 bridgehead atoms. The molecule has 1 N–H and O–H groups in total. The maximum absolute atomic E-state index is 13.8. The van der Waals surface area contributed by atoms with Crippen LogP contribution in [0.2, 0.25) is 0 Å². The van der Waals surface area contributed by atoms with Gasteiger partial charge in [-0.05, 0) is 31.2 Å². The van der Waals surface area contributed by atoms with Gasteiger partial charge in [-0.25, -0.2) is 19.7 Å². The lowest BCUT2D eigenvalue weighted by atomic mass is 10.1. The standard InChI is InChI=1S/C19H19F2N5O2/c1-10-6-16(25-17(23-10)19(2,20)21)26-9-13(11-4-5-11)12-8-22-15(7-14(12)26)24-18(27)28-3/h6-9,11H,4-5H2,1-3H3,(H,22,24,27). The van der Waals surface area contributed by atoms with Gasteiger partial charge in [0.2, 0.25) is 5.82 Å². The van der Waals surface area contributed by atoms with Crippen LogP contribution in [0.4, 0.5) is 19.4 Å². The molecule has 0 saturated heterocycles. The van der Waals surface area contributed by atoms with Gasteiger partial charge in [-0.15, -0.1) is 0 Å². The van der Waals surface area contributed by atoms with Crippen molar-refractivity contribution >= 4 is 22.8 Å². The quantitative estimate of drug-likeness (QED) is 0.722. The van der Waals surface area contributed by atoms with Gasteiger partial charge in [0.1, 0.15) is 11.6 Å². The molecule has 0 atom stereocenters. The van der Waals surface area contributed by atoms with E-state index in [-0.39, 0.29) is 0 Å². The number of hydrogen-bond donors (Lipinski definition) is 1. The van der Waals surface area contributed by atoms with Crippen molar-refractivity contribution in [1.29, 1.82) is 0 Å². The molecule has 146 valence electrons. The number of anilines is 1. The number of rotatable bonds is 4. The molecule has 3 heterocycles. The van der Waals surface area contributed by atoms with Gasteiger partial charge in [-0.1, -0.05) is 0 Å². The van der Waals surface area contributed by atoms with Gasteiger partial charge in [0.15, 0.2) is 0 Å². The predicted molar refractivity (Wildman–Crippen MR) is 99.0 cm³/mol. The highest BCUT2D eigenvalue weighted by atomic mass is 19.3. The average molecular weight is 387 g/mol. The lowest BCUT2D eigenvalue weighted by Gasteiger charge is -2.12. The van der Waals surface area contributed by atoms with Crippen LogP contribution in [-0.4, -0.2) is 32.7 Å². The number of carbonyl (C=O) groups excluding carboxylic acids is 1. The largest absolute Gasteiger partial charge is 0.453 e. The number of amides is 1. The topological polar surface area (TPSA) is 81.9 Å². The van der Waals surface area contributed by atoms with Crippen LogP contribution in [0.3, 0.4) is 0 Å². The molecule has 0 unspecified atom stereocenters. The molecule has 1 aliphatic carbocycles. The number of pyridine rings is 1. The number of nitrogens with one attached hydrogen (secondary N) is 1. The lowest BCUT2D eigenvalue weighted by Crippen LogP contribution is -2.15. The second-order valence-corrected chi connectivity index (χ2v) is 7.01. The third-order valence-electron chi connectivity index (χ3n) is 4.63. The molecule has 0 radical (unpaired) electrons. The van der Waals surface area contributed by atoms with Gasteiger partial charge in [-0.2, -0.15) is 8.78 Å². The fourth-order valence-corrected chi connectivity index (χ4v) is 3.15. The Morgan fingerprint density at radius 2 is 2.07 bits per heavy atom. The summed E-state index contributed by atoms with van der Waals surface area (Å²) in [7, 11) is 1.26. The van der Waals surface area contributed by atoms with Crippen molar-refractivity contribution in [2.24, 2.45) is 0 Å². The Bertz CT molecular complexity index is 1070. The highest BCUT2D eigenvalue weighted by molar-refractivity contribution is 5.90. The van der Waals surface area contributed by atoms with Gasteiger partial charge in [0.25, 0.3) is 0 Å². The summed E-state index contributed by atoms with van der Waals surface area (Å²) in [6.07, 6.45) is 5.09. The molecule has 1 amide bonds. The molecule has 0 aromatic carbocycles. The van der Waals surface area contributed by atoms with Gasteiger partial charge >= 0.3 is 12.0 Å². The molecule has 3 aromatic rings. The van der Waals surface area contributed by atoms with Crippen LogP contribution >= 0.6 is 0 Å². The Hall–Kier alpha value is -3.10.